The predicted octanol–water partition coefficient (Wildman–Crippen LogP) is 6.61. The lowest BCUT2D eigenvalue weighted by atomic mass is 9.34. The summed E-state index contributed by atoms with van der Waals surface area (Å²) >= 11 is 0. The van der Waals surface area contributed by atoms with Crippen molar-refractivity contribution in [3.63, 3.8) is 0 Å². The van der Waals surface area contributed by atoms with Gasteiger partial charge < -0.3 is 0 Å². The summed E-state index contributed by atoms with van der Waals surface area (Å²) < 4.78 is 0. The van der Waals surface area contributed by atoms with Crippen LogP contribution in [0.25, 0.3) is 11.3 Å². The van der Waals surface area contributed by atoms with Crippen LogP contribution in [0, 0.1) is 41.5 Å². The van der Waals surface area contributed by atoms with Gasteiger partial charge in [0.25, 0.3) is 0 Å². The molecule has 4 rings (SSSR count). The lowest BCUT2D eigenvalue weighted by Gasteiger charge is -2.25. The molecule has 0 aliphatic heterocycles. The average Bonchev–Trinajstić information content (AvgIpc) is 2.81. The molecule has 1 heterocycles. The van der Waals surface area contributed by atoms with Crippen LogP contribution in [0.15, 0.2) is 60.8 Å². The Balaban J connectivity index is 1.94. The maximum Gasteiger partial charge on any atom is 0.242 e. The van der Waals surface area contributed by atoms with E-state index < -0.39 is 8.07 Å². The van der Waals surface area contributed by atoms with E-state index in [1.807, 2.05) is 0 Å². The van der Waals surface area contributed by atoms with Gasteiger partial charge in [-0.25, -0.2) is 0 Å². The zero-order chi connectivity index (χ0) is 27.8. The first-order chi connectivity index (χ1) is 17.9. The maximum absolute atomic E-state index is 5.03. The van der Waals surface area contributed by atoms with Gasteiger partial charge in [0, 0.05) is 6.20 Å². The van der Waals surface area contributed by atoms with Crippen molar-refractivity contribution in [3.8, 4) is 11.3 Å². The second-order valence-corrected chi connectivity index (χ2v) is 17.4. The average molecular weight is 518 g/mol. The van der Waals surface area contributed by atoms with Crippen molar-refractivity contribution in [1.29, 1.82) is 0 Å². The fraction of sp³-hybridized carbons (Fsp3) is 0.343. The minimum absolute atomic E-state index is 0.174. The number of hydrogen-bond acceptors (Lipinski definition) is 1. The summed E-state index contributed by atoms with van der Waals surface area (Å²) in [5.41, 5.74) is 16.1. The van der Waals surface area contributed by atoms with Crippen molar-refractivity contribution in [2.75, 3.05) is 0 Å². The van der Waals surface area contributed by atoms with Crippen LogP contribution in [-0.2, 0) is 6.42 Å². The monoisotopic (exact) mass is 517 g/mol. The van der Waals surface area contributed by atoms with Gasteiger partial charge in [0.15, 0.2) is 0 Å². The zero-order valence-electron chi connectivity index (χ0n) is 25.2. The first kappa shape index (κ1) is 28.1. The Bertz CT molecular complexity index is 1370. The highest BCUT2D eigenvalue weighted by atomic mass is 28.3. The van der Waals surface area contributed by atoms with E-state index in [4.69, 9.17) is 4.98 Å². The molecule has 0 amide bonds. The van der Waals surface area contributed by atoms with Crippen LogP contribution >= 0.6 is 0 Å². The van der Waals surface area contributed by atoms with E-state index in [2.05, 4.69) is 129 Å². The summed E-state index contributed by atoms with van der Waals surface area (Å²) in [6.45, 7) is 23.2. The standard InChI is InChI=1S/C35H44BNSi/c1-11-13-30-21-32(37-22-33(30)38(8,9)10)29-14-12-15-31(20-29)36(34-25(4)16-23(2)17-26(34)5)35-27(6)18-24(3)19-28(35)7/h12,14-22H,11,13H2,1-10H3. The molecule has 3 heteroatoms. The minimum Gasteiger partial charge on any atom is -0.256 e. The highest BCUT2D eigenvalue weighted by Gasteiger charge is 2.29. The second-order valence-electron chi connectivity index (χ2n) is 12.4. The lowest BCUT2D eigenvalue weighted by molar-refractivity contribution is 0.924. The Labute approximate surface area is 232 Å². The van der Waals surface area contributed by atoms with E-state index in [1.54, 1.807) is 0 Å². The number of pyridine rings is 1. The Morgan fingerprint density at radius 2 is 1.24 bits per heavy atom. The lowest BCUT2D eigenvalue weighted by Crippen LogP contribution is -2.55. The van der Waals surface area contributed by atoms with Crippen molar-refractivity contribution < 1.29 is 0 Å². The molecule has 0 unspecified atom stereocenters. The number of benzene rings is 3. The van der Waals surface area contributed by atoms with Crippen molar-refractivity contribution in [1.82, 2.24) is 4.98 Å². The molecule has 0 radical (unpaired) electrons. The SMILES string of the molecule is CCCc1cc(-c2cccc(B(c3c(C)cc(C)cc3C)c3c(C)cc(C)cc3C)c2)ncc1[Si](C)(C)C. The molecule has 38 heavy (non-hydrogen) atoms. The molecule has 0 bridgehead atoms. The Hall–Kier alpha value is -2.91. The predicted molar refractivity (Wildman–Crippen MR) is 173 cm³/mol. The quantitative estimate of drug-likeness (QED) is 0.251. The molecule has 196 valence electrons. The molecule has 0 fully saturated rings. The van der Waals surface area contributed by atoms with Crippen molar-refractivity contribution >= 4 is 36.4 Å². The van der Waals surface area contributed by atoms with Crippen molar-refractivity contribution in [2.45, 2.75) is 80.9 Å². The number of aryl methyl sites for hydroxylation is 7. The molecule has 0 saturated heterocycles. The molecule has 0 aliphatic rings. The summed E-state index contributed by atoms with van der Waals surface area (Å²) in [7, 11) is -1.45. The van der Waals surface area contributed by atoms with Gasteiger partial charge in [-0.05, 0) is 70.3 Å². The molecular formula is C35H44BNSi. The summed E-state index contributed by atoms with van der Waals surface area (Å²) in [6, 6.07) is 20.9. The van der Waals surface area contributed by atoms with E-state index in [9.17, 15) is 0 Å². The van der Waals surface area contributed by atoms with E-state index in [0.717, 1.165) is 18.5 Å². The maximum atomic E-state index is 5.03. The second kappa shape index (κ2) is 11.1. The molecule has 0 N–H and O–H groups in total. The Morgan fingerprint density at radius 1 is 0.711 bits per heavy atom. The number of rotatable bonds is 7. The molecule has 0 aliphatic carbocycles. The minimum atomic E-state index is -1.45. The van der Waals surface area contributed by atoms with Crippen LogP contribution in [0.4, 0.5) is 0 Å². The van der Waals surface area contributed by atoms with E-state index in [-0.39, 0.29) is 6.71 Å². The van der Waals surface area contributed by atoms with Gasteiger partial charge in [0.1, 0.15) is 0 Å². The molecule has 4 aromatic rings. The van der Waals surface area contributed by atoms with E-state index in [0.29, 0.717) is 0 Å². The number of hydrogen-bond donors (Lipinski definition) is 0. The molecule has 0 spiro atoms. The smallest absolute Gasteiger partial charge is 0.242 e. The first-order valence-corrected chi connectivity index (χ1v) is 17.7. The molecule has 1 aromatic heterocycles. The number of nitrogens with zero attached hydrogens (tertiary/aromatic N) is 1. The fourth-order valence-electron chi connectivity index (χ4n) is 6.45. The largest absolute Gasteiger partial charge is 0.256 e. The first-order valence-electron chi connectivity index (χ1n) is 14.2. The molecule has 1 nitrogen and oxygen atoms in total. The fourth-order valence-corrected chi connectivity index (χ4v) is 8.07. The summed E-state index contributed by atoms with van der Waals surface area (Å²) in [5.74, 6) is 0. The third kappa shape index (κ3) is 5.73. The zero-order valence-corrected chi connectivity index (χ0v) is 26.2. The van der Waals surface area contributed by atoms with Gasteiger partial charge in [0.2, 0.25) is 6.71 Å². The highest BCUT2D eigenvalue weighted by molar-refractivity contribution is 6.96. The molecule has 0 atom stereocenters. The molecule has 3 aromatic carbocycles. The third-order valence-electron chi connectivity index (χ3n) is 7.89. The van der Waals surface area contributed by atoms with Gasteiger partial charge in [-0.3, -0.25) is 4.98 Å². The number of aromatic nitrogens is 1. The summed E-state index contributed by atoms with van der Waals surface area (Å²) in [6.07, 6.45) is 4.45. The van der Waals surface area contributed by atoms with Crippen molar-refractivity contribution in [3.05, 3.63) is 99.7 Å². The van der Waals surface area contributed by atoms with Crippen LogP contribution in [0.3, 0.4) is 0 Å². The van der Waals surface area contributed by atoms with Gasteiger partial charge in [-0.2, -0.15) is 0 Å². The van der Waals surface area contributed by atoms with Crippen molar-refractivity contribution in [2.24, 2.45) is 0 Å². The highest BCUT2D eigenvalue weighted by Crippen LogP contribution is 2.20. The third-order valence-corrected chi connectivity index (χ3v) is 9.95. The van der Waals surface area contributed by atoms with Crippen LogP contribution in [0.5, 0.6) is 0 Å². The normalized spacial score (nSPS) is 11.6. The van der Waals surface area contributed by atoms with Crippen LogP contribution in [0.1, 0.15) is 52.3 Å². The molecular weight excluding hydrogens is 473 g/mol. The van der Waals surface area contributed by atoms with Gasteiger partial charge in [0.05, 0.1) is 13.8 Å². The van der Waals surface area contributed by atoms with Gasteiger partial charge in [-0.15, -0.1) is 0 Å². The Kier molecular flexibility index (Phi) is 8.18. The topological polar surface area (TPSA) is 12.9 Å². The van der Waals surface area contributed by atoms with E-state index in [1.165, 1.54) is 66.1 Å². The van der Waals surface area contributed by atoms with Crippen LogP contribution in [0.2, 0.25) is 19.6 Å². The van der Waals surface area contributed by atoms with Gasteiger partial charge in [-0.1, -0.05) is 131 Å². The summed E-state index contributed by atoms with van der Waals surface area (Å²) in [4.78, 5) is 5.03. The van der Waals surface area contributed by atoms with E-state index >= 15 is 0 Å². The molecule has 0 saturated carbocycles. The van der Waals surface area contributed by atoms with Crippen LogP contribution in [-0.4, -0.2) is 19.8 Å². The van der Waals surface area contributed by atoms with Gasteiger partial charge >= 0.3 is 0 Å². The summed E-state index contributed by atoms with van der Waals surface area (Å²) in [5, 5.41) is 1.49. The Morgan fingerprint density at radius 3 is 1.71 bits per heavy atom. The van der Waals surface area contributed by atoms with Crippen LogP contribution < -0.4 is 21.6 Å².